The van der Waals surface area contributed by atoms with Crippen molar-refractivity contribution in [2.45, 2.75) is 52.2 Å². The van der Waals surface area contributed by atoms with E-state index >= 15 is 0 Å². The molecule has 0 unspecified atom stereocenters. The van der Waals surface area contributed by atoms with E-state index in [-0.39, 0.29) is 5.92 Å². The Kier molecular flexibility index (Phi) is 7.06. The second-order valence-electron chi connectivity index (χ2n) is 5.11. The zero-order valence-corrected chi connectivity index (χ0v) is 11.9. The number of amides is 3. The third-order valence-electron chi connectivity index (χ3n) is 2.53. The van der Waals surface area contributed by atoms with Crippen molar-refractivity contribution in [3.63, 3.8) is 0 Å². The number of primary amides is 1. The zero-order chi connectivity index (χ0) is 15.2. The molecule has 110 valence electrons. The van der Waals surface area contributed by atoms with Crippen LogP contribution in [0.4, 0.5) is 0 Å². The van der Waals surface area contributed by atoms with Gasteiger partial charge in [-0.25, -0.2) is 0 Å². The summed E-state index contributed by atoms with van der Waals surface area (Å²) in [5.41, 5.74) is 10.6. The molecule has 3 atom stereocenters. The number of hydrogen-bond donors (Lipinski definition) is 4. The SMILES string of the molecule is CC(C)C[C@H](NC(=O)[C@H](C)NC(=O)[C@H](C)N)C(N)=O. The molecule has 0 aromatic carbocycles. The standard InChI is InChI=1S/C12H24N4O3/c1-6(2)5-9(10(14)17)16-12(19)8(4)15-11(18)7(3)13/h6-9H,5,13H2,1-4H3,(H2,14,17)(H,15,18)(H,16,19)/t7-,8-,9-/m0/s1. The highest BCUT2D eigenvalue weighted by atomic mass is 16.2. The van der Waals surface area contributed by atoms with E-state index in [2.05, 4.69) is 10.6 Å². The first-order valence-corrected chi connectivity index (χ1v) is 6.30. The summed E-state index contributed by atoms with van der Waals surface area (Å²) >= 11 is 0. The largest absolute Gasteiger partial charge is 0.368 e. The Morgan fingerprint density at radius 3 is 1.89 bits per heavy atom. The molecule has 0 aromatic heterocycles. The molecule has 19 heavy (non-hydrogen) atoms. The summed E-state index contributed by atoms with van der Waals surface area (Å²) in [6.45, 7) is 6.88. The summed E-state index contributed by atoms with van der Waals surface area (Å²) in [5.74, 6) is -1.26. The lowest BCUT2D eigenvalue weighted by Gasteiger charge is -2.21. The van der Waals surface area contributed by atoms with E-state index in [1.54, 1.807) is 0 Å². The maximum Gasteiger partial charge on any atom is 0.242 e. The predicted molar refractivity (Wildman–Crippen MR) is 71.8 cm³/mol. The van der Waals surface area contributed by atoms with Crippen LogP contribution in [0.1, 0.15) is 34.1 Å². The number of carbonyl (C=O) groups is 3. The van der Waals surface area contributed by atoms with E-state index in [0.717, 1.165) is 0 Å². The van der Waals surface area contributed by atoms with Gasteiger partial charge >= 0.3 is 0 Å². The minimum Gasteiger partial charge on any atom is -0.368 e. The van der Waals surface area contributed by atoms with Gasteiger partial charge in [0.15, 0.2) is 0 Å². The highest BCUT2D eigenvalue weighted by Gasteiger charge is 2.23. The topological polar surface area (TPSA) is 127 Å². The number of rotatable bonds is 7. The van der Waals surface area contributed by atoms with Gasteiger partial charge in [0, 0.05) is 0 Å². The van der Waals surface area contributed by atoms with Crippen molar-refractivity contribution >= 4 is 17.7 Å². The Morgan fingerprint density at radius 1 is 1.00 bits per heavy atom. The number of hydrogen-bond acceptors (Lipinski definition) is 4. The lowest BCUT2D eigenvalue weighted by atomic mass is 10.0. The van der Waals surface area contributed by atoms with E-state index in [4.69, 9.17) is 11.5 Å². The molecular formula is C12H24N4O3. The van der Waals surface area contributed by atoms with Gasteiger partial charge < -0.3 is 22.1 Å². The molecule has 0 aliphatic heterocycles. The summed E-state index contributed by atoms with van der Waals surface area (Å²) in [4.78, 5) is 34.4. The van der Waals surface area contributed by atoms with Crippen LogP contribution in [0.2, 0.25) is 0 Å². The second kappa shape index (κ2) is 7.73. The van der Waals surface area contributed by atoms with E-state index in [1.807, 2.05) is 13.8 Å². The summed E-state index contributed by atoms with van der Waals surface area (Å²) in [5, 5.41) is 4.97. The van der Waals surface area contributed by atoms with Gasteiger partial charge in [-0.3, -0.25) is 14.4 Å². The predicted octanol–water partition coefficient (Wildman–Crippen LogP) is -1.15. The maximum atomic E-state index is 11.8. The third kappa shape index (κ3) is 6.76. The molecule has 0 heterocycles. The lowest BCUT2D eigenvalue weighted by molar-refractivity contribution is -0.131. The molecule has 7 heteroatoms. The molecule has 3 amide bonds. The van der Waals surface area contributed by atoms with E-state index in [0.29, 0.717) is 6.42 Å². The van der Waals surface area contributed by atoms with Crippen LogP contribution in [-0.2, 0) is 14.4 Å². The van der Waals surface area contributed by atoms with Crippen LogP contribution in [-0.4, -0.2) is 35.8 Å². The van der Waals surface area contributed by atoms with Crippen LogP contribution in [0.5, 0.6) is 0 Å². The molecular weight excluding hydrogens is 248 g/mol. The highest BCUT2D eigenvalue weighted by Crippen LogP contribution is 2.04. The smallest absolute Gasteiger partial charge is 0.242 e. The van der Waals surface area contributed by atoms with Crippen LogP contribution in [0.15, 0.2) is 0 Å². The van der Waals surface area contributed by atoms with Crippen LogP contribution < -0.4 is 22.1 Å². The third-order valence-corrected chi connectivity index (χ3v) is 2.53. The molecule has 7 nitrogen and oxygen atoms in total. The molecule has 0 radical (unpaired) electrons. The van der Waals surface area contributed by atoms with Crippen molar-refractivity contribution in [3.8, 4) is 0 Å². The van der Waals surface area contributed by atoms with Crippen LogP contribution in [0.25, 0.3) is 0 Å². The van der Waals surface area contributed by atoms with Crippen molar-refractivity contribution in [3.05, 3.63) is 0 Å². The molecule has 0 aromatic rings. The van der Waals surface area contributed by atoms with Gasteiger partial charge in [0.2, 0.25) is 17.7 Å². The first-order chi connectivity index (χ1) is 8.65. The Morgan fingerprint density at radius 2 is 1.53 bits per heavy atom. The summed E-state index contributed by atoms with van der Waals surface area (Å²) in [7, 11) is 0. The van der Waals surface area contributed by atoms with Crippen molar-refractivity contribution in [1.82, 2.24) is 10.6 Å². The number of nitrogens with two attached hydrogens (primary N) is 2. The van der Waals surface area contributed by atoms with Crippen LogP contribution in [0.3, 0.4) is 0 Å². The molecule has 0 bridgehead atoms. The number of carbonyl (C=O) groups excluding carboxylic acids is 3. The lowest BCUT2D eigenvalue weighted by Crippen LogP contribution is -2.54. The zero-order valence-electron chi connectivity index (χ0n) is 11.9. The molecule has 0 saturated heterocycles. The summed E-state index contributed by atoms with van der Waals surface area (Å²) < 4.78 is 0. The fourth-order valence-electron chi connectivity index (χ4n) is 1.42. The molecule has 0 aliphatic rings. The number of nitrogens with one attached hydrogen (secondary N) is 2. The van der Waals surface area contributed by atoms with Crippen molar-refractivity contribution in [2.75, 3.05) is 0 Å². The highest BCUT2D eigenvalue weighted by molar-refractivity contribution is 5.92. The van der Waals surface area contributed by atoms with Crippen molar-refractivity contribution in [2.24, 2.45) is 17.4 Å². The first-order valence-electron chi connectivity index (χ1n) is 6.30. The normalized spacial score (nSPS) is 15.5. The Labute approximate surface area is 113 Å². The van der Waals surface area contributed by atoms with Crippen LogP contribution in [0, 0.1) is 5.92 Å². The second-order valence-corrected chi connectivity index (χ2v) is 5.11. The average molecular weight is 272 g/mol. The van der Waals surface area contributed by atoms with Gasteiger partial charge in [-0.05, 0) is 26.2 Å². The Bertz CT molecular complexity index is 342. The molecule has 0 spiro atoms. The molecule has 0 aliphatic carbocycles. The molecule has 0 saturated carbocycles. The van der Waals surface area contributed by atoms with Crippen molar-refractivity contribution < 1.29 is 14.4 Å². The van der Waals surface area contributed by atoms with Gasteiger partial charge in [0.05, 0.1) is 6.04 Å². The average Bonchev–Trinajstić information content (AvgIpc) is 2.26. The summed E-state index contributed by atoms with van der Waals surface area (Å²) in [6.07, 6.45) is 0.453. The fraction of sp³-hybridized carbons (Fsp3) is 0.750. The maximum absolute atomic E-state index is 11.8. The van der Waals surface area contributed by atoms with Gasteiger partial charge in [-0.15, -0.1) is 0 Å². The van der Waals surface area contributed by atoms with E-state index in [9.17, 15) is 14.4 Å². The molecule has 0 fully saturated rings. The van der Waals surface area contributed by atoms with Gasteiger partial charge in [0.25, 0.3) is 0 Å². The minimum absolute atomic E-state index is 0.215. The Balaban J connectivity index is 4.47. The summed E-state index contributed by atoms with van der Waals surface area (Å²) in [6, 6.07) is -2.20. The fourth-order valence-corrected chi connectivity index (χ4v) is 1.42. The Hall–Kier alpha value is -1.63. The monoisotopic (exact) mass is 272 g/mol. The van der Waals surface area contributed by atoms with Gasteiger partial charge in [-0.2, -0.15) is 0 Å². The molecule has 0 rings (SSSR count). The van der Waals surface area contributed by atoms with Crippen molar-refractivity contribution in [1.29, 1.82) is 0 Å². The molecule has 6 N–H and O–H groups in total. The first kappa shape index (κ1) is 17.4. The minimum atomic E-state index is -0.771. The quantitative estimate of drug-likeness (QED) is 0.467. The van der Waals surface area contributed by atoms with E-state index in [1.165, 1.54) is 13.8 Å². The van der Waals surface area contributed by atoms with Gasteiger partial charge in [-0.1, -0.05) is 13.8 Å². The van der Waals surface area contributed by atoms with Gasteiger partial charge in [0.1, 0.15) is 12.1 Å². The van der Waals surface area contributed by atoms with Crippen LogP contribution >= 0.6 is 0 Å². The van der Waals surface area contributed by atoms with E-state index < -0.39 is 35.8 Å².